The maximum Gasteiger partial charge on any atom is 0.333 e. The highest BCUT2D eigenvalue weighted by atomic mass is 16.5. The second-order valence-electron chi connectivity index (χ2n) is 3.15. The van der Waals surface area contributed by atoms with Crippen molar-refractivity contribution in [2.24, 2.45) is 0 Å². The zero-order chi connectivity index (χ0) is 12.0. The third kappa shape index (κ3) is 3.10. The normalized spacial score (nSPS) is 11.2. The van der Waals surface area contributed by atoms with Crippen LogP contribution < -0.4 is 4.74 Å². The molecule has 0 spiro atoms. The highest BCUT2D eigenvalue weighted by molar-refractivity contribution is 5.92. The fourth-order valence-corrected chi connectivity index (χ4v) is 1.29. The Balaban J connectivity index is 3.06. The van der Waals surface area contributed by atoms with Crippen LogP contribution in [0.25, 0.3) is 6.08 Å². The highest BCUT2D eigenvalue weighted by Crippen LogP contribution is 2.20. The van der Waals surface area contributed by atoms with E-state index >= 15 is 0 Å². The molecule has 0 aliphatic rings. The van der Waals surface area contributed by atoms with Gasteiger partial charge in [-0.05, 0) is 12.1 Å². The lowest BCUT2D eigenvalue weighted by atomic mass is 10.1. The number of carbonyl (C=O) groups is 1. The summed E-state index contributed by atoms with van der Waals surface area (Å²) in [6.07, 6.45) is 1.55. The van der Waals surface area contributed by atoms with Gasteiger partial charge in [-0.2, -0.15) is 0 Å². The predicted octanol–water partition coefficient (Wildman–Crippen LogP) is 1.81. The van der Waals surface area contributed by atoms with E-state index in [-0.39, 0.29) is 12.2 Å². The standard InChI is InChI=1S/C12H14O4/c1-15-8-10(12(13)14)7-9-5-3-4-6-11(9)16-2/h3-7H,8H2,1-2H3,(H,13,14)/b10-7+. The quantitative estimate of drug-likeness (QED) is 0.772. The summed E-state index contributed by atoms with van der Waals surface area (Å²) in [6.45, 7) is 0.0629. The summed E-state index contributed by atoms with van der Waals surface area (Å²) in [6, 6.07) is 7.21. The van der Waals surface area contributed by atoms with Gasteiger partial charge in [-0.3, -0.25) is 0 Å². The average molecular weight is 222 g/mol. The van der Waals surface area contributed by atoms with E-state index in [0.717, 1.165) is 5.56 Å². The molecule has 0 fully saturated rings. The number of carboxylic acids is 1. The number of rotatable bonds is 5. The Labute approximate surface area is 94.1 Å². The zero-order valence-electron chi connectivity index (χ0n) is 9.27. The summed E-state index contributed by atoms with van der Waals surface area (Å²) in [5.74, 6) is -0.356. The number of para-hydroxylation sites is 1. The summed E-state index contributed by atoms with van der Waals surface area (Å²) < 4.78 is 9.95. The van der Waals surface area contributed by atoms with Crippen molar-refractivity contribution in [2.75, 3.05) is 20.8 Å². The molecule has 0 saturated heterocycles. The molecule has 0 atom stereocenters. The van der Waals surface area contributed by atoms with Gasteiger partial charge in [0.05, 0.1) is 19.3 Å². The number of carboxylic acid groups (broad SMARTS) is 1. The largest absolute Gasteiger partial charge is 0.496 e. The number of ether oxygens (including phenoxy) is 2. The fourth-order valence-electron chi connectivity index (χ4n) is 1.29. The van der Waals surface area contributed by atoms with Crippen LogP contribution in [0, 0.1) is 0 Å². The van der Waals surface area contributed by atoms with Crippen LogP contribution in [0.2, 0.25) is 0 Å². The second-order valence-corrected chi connectivity index (χ2v) is 3.15. The number of methoxy groups -OCH3 is 2. The molecule has 16 heavy (non-hydrogen) atoms. The van der Waals surface area contributed by atoms with Gasteiger partial charge in [0, 0.05) is 12.7 Å². The van der Waals surface area contributed by atoms with Gasteiger partial charge in [-0.15, -0.1) is 0 Å². The Morgan fingerprint density at radius 1 is 1.38 bits per heavy atom. The SMILES string of the molecule is COC/C(=C\c1ccccc1OC)C(=O)O. The van der Waals surface area contributed by atoms with Crippen LogP contribution in [0.3, 0.4) is 0 Å². The predicted molar refractivity (Wildman–Crippen MR) is 60.5 cm³/mol. The minimum atomic E-state index is -0.993. The van der Waals surface area contributed by atoms with Gasteiger partial charge in [0.15, 0.2) is 0 Å². The van der Waals surface area contributed by atoms with E-state index in [1.807, 2.05) is 12.1 Å². The molecule has 0 radical (unpaired) electrons. The van der Waals surface area contributed by atoms with E-state index in [9.17, 15) is 4.79 Å². The van der Waals surface area contributed by atoms with Gasteiger partial charge < -0.3 is 14.6 Å². The van der Waals surface area contributed by atoms with Crippen LogP contribution >= 0.6 is 0 Å². The zero-order valence-corrected chi connectivity index (χ0v) is 9.27. The van der Waals surface area contributed by atoms with Crippen molar-refractivity contribution in [3.05, 3.63) is 35.4 Å². The third-order valence-electron chi connectivity index (χ3n) is 2.04. The molecule has 0 amide bonds. The second kappa shape index (κ2) is 5.92. The molecule has 1 N–H and O–H groups in total. The van der Waals surface area contributed by atoms with Crippen LogP contribution in [-0.2, 0) is 9.53 Å². The molecule has 0 bridgehead atoms. The first-order chi connectivity index (χ1) is 7.69. The van der Waals surface area contributed by atoms with E-state index in [1.165, 1.54) is 7.11 Å². The number of benzene rings is 1. The summed E-state index contributed by atoms with van der Waals surface area (Å²) in [4.78, 5) is 10.9. The molecule has 0 unspecified atom stereocenters. The highest BCUT2D eigenvalue weighted by Gasteiger charge is 2.08. The number of hydrogen-bond acceptors (Lipinski definition) is 3. The van der Waals surface area contributed by atoms with Crippen molar-refractivity contribution < 1.29 is 19.4 Å². The monoisotopic (exact) mass is 222 g/mol. The summed E-state index contributed by atoms with van der Waals surface area (Å²) in [5, 5.41) is 8.94. The molecule has 86 valence electrons. The van der Waals surface area contributed by atoms with Crippen LogP contribution in [0.5, 0.6) is 5.75 Å². The lowest BCUT2D eigenvalue weighted by molar-refractivity contribution is -0.133. The van der Waals surface area contributed by atoms with Gasteiger partial charge in [0.25, 0.3) is 0 Å². The Morgan fingerprint density at radius 3 is 2.62 bits per heavy atom. The van der Waals surface area contributed by atoms with E-state index in [2.05, 4.69) is 0 Å². The molecule has 1 aromatic rings. The van der Waals surface area contributed by atoms with E-state index < -0.39 is 5.97 Å². The molecule has 0 aliphatic heterocycles. The lowest BCUT2D eigenvalue weighted by Crippen LogP contribution is -2.06. The Hall–Kier alpha value is -1.81. The minimum absolute atomic E-state index is 0.0629. The maximum absolute atomic E-state index is 10.9. The van der Waals surface area contributed by atoms with Crippen LogP contribution in [0.15, 0.2) is 29.8 Å². The first kappa shape index (κ1) is 12.3. The van der Waals surface area contributed by atoms with Crippen molar-refractivity contribution in [1.82, 2.24) is 0 Å². The van der Waals surface area contributed by atoms with E-state index in [4.69, 9.17) is 14.6 Å². The summed E-state index contributed by atoms with van der Waals surface area (Å²) in [7, 11) is 3.00. The van der Waals surface area contributed by atoms with Gasteiger partial charge in [0.2, 0.25) is 0 Å². The molecule has 0 heterocycles. The Bertz CT molecular complexity index is 396. The molecular weight excluding hydrogens is 208 g/mol. The molecule has 4 heteroatoms. The van der Waals surface area contributed by atoms with Crippen molar-refractivity contribution in [1.29, 1.82) is 0 Å². The topological polar surface area (TPSA) is 55.8 Å². The Morgan fingerprint density at radius 2 is 2.06 bits per heavy atom. The molecule has 1 rings (SSSR count). The molecule has 0 saturated carbocycles. The number of hydrogen-bond donors (Lipinski definition) is 1. The smallest absolute Gasteiger partial charge is 0.333 e. The first-order valence-electron chi connectivity index (χ1n) is 4.75. The van der Waals surface area contributed by atoms with Crippen LogP contribution in [0.4, 0.5) is 0 Å². The summed E-state index contributed by atoms with van der Waals surface area (Å²) in [5.41, 5.74) is 0.909. The minimum Gasteiger partial charge on any atom is -0.496 e. The van der Waals surface area contributed by atoms with Gasteiger partial charge in [0.1, 0.15) is 5.75 Å². The maximum atomic E-state index is 10.9. The van der Waals surface area contributed by atoms with Crippen molar-refractivity contribution in [2.45, 2.75) is 0 Å². The van der Waals surface area contributed by atoms with Gasteiger partial charge in [-0.25, -0.2) is 4.79 Å². The van der Waals surface area contributed by atoms with Crippen LogP contribution in [0.1, 0.15) is 5.56 Å². The van der Waals surface area contributed by atoms with Crippen LogP contribution in [-0.4, -0.2) is 31.9 Å². The molecule has 4 nitrogen and oxygen atoms in total. The van der Waals surface area contributed by atoms with Gasteiger partial charge in [-0.1, -0.05) is 18.2 Å². The average Bonchev–Trinajstić information content (AvgIpc) is 2.29. The van der Waals surface area contributed by atoms with Gasteiger partial charge >= 0.3 is 5.97 Å². The van der Waals surface area contributed by atoms with Crippen molar-refractivity contribution in [3.63, 3.8) is 0 Å². The first-order valence-corrected chi connectivity index (χ1v) is 4.75. The lowest BCUT2D eigenvalue weighted by Gasteiger charge is -2.05. The molecular formula is C12H14O4. The molecule has 0 aromatic heterocycles. The molecule has 0 aliphatic carbocycles. The van der Waals surface area contributed by atoms with Crippen molar-refractivity contribution >= 4 is 12.0 Å². The number of aliphatic carboxylic acids is 1. The summed E-state index contributed by atoms with van der Waals surface area (Å²) >= 11 is 0. The molecule has 1 aromatic carbocycles. The fraction of sp³-hybridized carbons (Fsp3) is 0.250. The Kier molecular flexibility index (Phi) is 4.54. The van der Waals surface area contributed by atoms with E-state index in [1.54, 1.807) is 25.3 Å². The third-order valence-corrected chi connectivity index (χ3v) is 2.04. The van der Waals surface area contributed by atoms with E-state index in [0.29, 0.717) is 5.75 Å². The van der Waals surface area contributed by atoms with Crippen molar-refractivity contribution in [3.8, 4) is 5.75 Å².